The van der Waals surface area contributed by atoms with Crippen LogP contribution in [0.4, 0.5) is 5.82 Å². The number of nitrogens with one attached hydrogen (secondary N) is 2. The Bertz CT molecular complexity index is 776. The first-order chi connectivity index (χ1) is 10.5. The van der Waals surface area contributed by atoms with Crippen molar-refractivity contribution < 1.29 is 0 Å². The van der Waals surface area contributed by atoms with E-state index < -0.39 is 0 Å². The second-order valence-electron chi connectivity index (χ2n) is 5.55. The van der Waals surface area contributed by atoms with E-state index >= 15 is 0 Å². The summed E-state index contributed by atoms with van der Waals surface area (Å²) in [6.45, 7) is 6.93. The Kier molecular flexibility index (Phi) is 4.04. The zero-order valence-corrected chi connectivity index (χ0v) is 13.6. The minimum absolute atomic E-state index is 0.00685. The lowest BCUT2D eigenvalue weighted by Crippen LogP contribution is -2.27. The maximum atomic E-state index is 5.99. The fourth-order valence-electron chi connectivity index (χ4n) is 2.32. The van der Waals surface area contributed by atoms with Crippen LogP contribution in [0.25, 0.3) is 11.2 Å². The highest BCUT2D eigenvalue weighted by molar-refractivity contribution is 7.09. The molecule has 0 amide bonds. The molecule has 22 heavy (non-hydrogen) atoms. The van der Waals surface area contributed by atoms with Gasteiger partial charge in [-0.25, -0.2) is 19.9 Å². The van der Waals surface area contributed by atoms with Gasteiger partial charge >= 0.3 is 0 Å². The third kappa shape index (κ3) is 2.93. The fourth-order valence-corrected chi connectivity index (χ4v) is 3.04. The number of aryl methyl sites for hydroxylation is 1. The molecule has 0 bridgehead atoms. The standard InChI is InChI=1S/C14H19N7S/c1-7(2)10(16-4-9-19-8(3)5-22-9)14-20-12(15)11-13(21-14)18-6-17-11/h5-7,10,16H,4H2,1-3H3,(H3,15,17,18,20,21). The lowest BCUT2D eigenvalue weighted by molar-refractivity contribution is 0.393. The van der Waals surface area contributed by atoms with Crippen molar-refractivity contribution in [3.8, 4) is 0 Å². The van der Waals surface area contributed by atoms with Crippen LogP contribution in [-0.4, -0.2) is 24.9 Å². The van der Waals surface area contributed by atoms with E-state index in [1.807, 2.05) is 12.3 Å². The molecule has 116 valence electrons. The van der Waals surface area contributed by atoms with E-state index in [1.54, 1.807) is 17.7 Å². The van der Waals surface area contributed by atoms with E-state index in [9.17, 15) is 0 Å². The number of thiazole rings is 1. The molecule has 0 spiro atoms. The summed E-state index contributed by atoms with van der Waals surface area (Å²) in [5.41, 5.74) is 8.31. The molecule has 1 atom stereocenters. The third-order valence-electron chi connectivity index (χ3n) is 3.42. The minimum Gasteiger partial charge on any atom is -0.382 e. The highest BCUT2D eigenvalue weighted by atomic mass is 32.1. The summed E-state index contributed by atoms with van der Waals surface area (Å²) in [7, 11) is 0. The molecular weight excluding hydrogens is 298 g/mol. The van der Waals surface area contributed by atoms with Gasteiger partial charge in [0.15, 0.2) is 17.3 Å². The van der Waals surface area contributed by atoms with Crippen LogP contribution < -0.4 is 11.1 Å². The highest BCUT2D eigenvalue weighted by Gasteiger charge is 2.21. The molecule has 0 saturated heterocycles. The van der Waals surface area contributed by atoms with Gasteiger partial charge in [0, 0.05) is 17.6 Å². The molecule has 0 aliphatic carbocycles. The average molecular weight is 317 g/mol. The quantitative estimate of drug-likeness (QED) is 0.666. The monoisotopic (exact) mass is 317 g/mol. The smallest absolute Gasteiger partial charge is 0.183 e. The van der Waals surface area contributed by atoms with E-state index in [2.05, 4.69) is 44.1 Å². The summed E-state index contributed by atoms with van der Waals surface area (Å²) in [5, 5.41) is 6.58. The Morgan fingerprint density at radius 1 is 1.32 bits per heavy atom. The summed E-state index contributed by atoms with van der Waals surface area (Å²) in [6, 6.07) is -0.00685. The van der Waals surface area contributed by atoms with Gasteiger partial charge in [-0.1, -0.05) is 13.8 Å². The Morgan fingerprint density at radius 3 is 2.82 bits per heavy atom. The highest BCUT2D eigenvalue weighted by Crippen LogP contribution is 2.23. The zero-order valence-electron chi connectivity index (χ0n) is 12.8. The number of aromatic nitrogens is 5. The van der Waals surface area contributed by atoms with E-state index in [1.165, 1.54) is 0 Å². The van der Waals surface area contributed by atoms with Crippen LogP contribution >= 0.6 is 11.3 Å². The normalized spacial score (nSPS) is 13.1. The van der Waals surface area contributed by atoms with Crippen molar-refractivity contribution in [3.63, 3.8) is 0 Å². The summed E-state index contributed by atoms with van der Waals surface area (Å²) >= 11 is 1.65. The van der Waals surface area contributed by atoms with Crippen molar-refractivity contribution in [1.82, 2.24) is 30.2 Å². The molecule has 3 rings (SSSR count). The number of hydrogen-bond donors (Lipinski definition) is 3. The van der Waals surface area contributed by atoms with Gasteiger partial charge in [-0.2, -0.15) is 0 Å². The van der Waals surface area contributed by atoms with Crippen LogP contribution in [0.15, 0.2) is 11.7 Å². The molecule has 7 nitrogen and oxygen atoms in total. The van der Waals surface area contributed by atoms with Gasteiger partial charge in [0.2, 0.25) is 0 Å². The number of anilines is 1. The number of imidazole rings is 1. The third-order valence-corrected chi connectivity index (χ3v) is 4.38. The average Bonchev–Trinajstić information content (AvgIpc) is 3.08. The maximum absolute atomic E-state index is 5.99. The van der Waals surface area contributed by atoms with Crippen molar-refractivity contribution in [2.45, 2.75) is 33.4 Å². The number of hydrogen-bond acceptors (Lipinski definition) is 7. The van der Waals surface area contributed by atoms with E-state index in [0.717, 1.165) is 10.7 Å². The number of nitrogen functional groups attached to an aromatic ring is 1. The van der Waals surface area contributed by atoms with Crippen LogP contribution in [0.1, 0.15) is 36.4 Å². The number of fused-ring (bicyclic) bond motifs is 1. The molecule has 1 unspecified atom stereocenters. The van der Waals surface area contributed by atoms with Gasteiger partial charge in [0.1, 0.15) is 10.5 Å². The molecule has 0 fully saturated rings. The van der Waals surface area contributed by atoms with Crippen LogP contribution in [-0.2, 0) is 6.54 Å². The first kappa shape index (κ1) is 14.9. The van der Waals surface area contributed by atoms with E-state index in [-0.39, 0.29) is 6.04 Å². The first-order valence-corrected chi connectivity index (χ1v) is 8.03. The first-order valence-electron chi connectivity index (χ1n) is 7.15. The predicted molar refractivity (Wildman–Crippen MR) is 87.4 cm³/mol. The minimum atomic E-state index is -0.00685. The Balaban J connectivity index is 1.85. The van der Waals surface area contributed by atoms with Gasteiger partial charge < -0.3 is 16.0 Å². The van der Waals surface area contributed by atoms with Crippen molar-refractivity contribution in [2.75, 3.05) is 5.73 Å². The fraction of sp³-hybridized carbons (Fsp3) is 0.429. The number of rotatable bonds is 5. The van der Waals surface area contributed by atoms with Crippen molar-refractivity contribution in [1.29, 1.82) is 0 Å². The van der Waals surface area contributed by atoms with Gasteiger partial charge in [-0.3, -0.25) is 0 Å². The molecule has 0 aliphatic rings. The molecule has 3 aromatic rings. The van der Waals surface area contributed by atoms with Gasteiger partial charge in [0.25, 0.3) is 0 Å². The van der Waals surface area contributed by atoms with Crippen LogP contribution in [0, 0.1) is 12.8 Å². The number of H-pyrrole nitrogens is 1. The lowest BCUT2D eigenvalue weighted by atomic mass is 10.0. The molecule has 0 aromatic carbocycles. The lowest BCUT2D eigenvalue weighted by Gasteiger charge is -2.20. The predicted octanol–water partition coefficient (Wildman–Crippen LogP) is 2.19. The Morgan fingerprint density at radius 2 is 2.14 bits per heavy atom. The molecular formula is C14H19N7S. The van der Waals surface area contributed by atoms with Gasteiger partial charge in [0.05, 0.1) is 12.4 Å². The summed E-state index contributed by atoms with van der Waals surface area (Å²) < 4.78 is 0. The van der Waals surface area contributed by atoms with Crippen LogP contribution in [0.3, 0.4) is 0 Å². The summed E-state index contributed by atoms with van der Waals surface area (Å²) in [5.74, 6) is 1.41. The molecule has 0 radical (unpaired) electrons. The van der Waals surface area contributed by atoms with E-state index in [4.69, 9.17) is 5.73 Å². The number of nitrogens with zero attached hydrogens (tertiary/aromatic N) is 4. The number of aromatic amines is 1. The molecule has 0 aliphatic heterocycles. The Labute approximate surface area is 132 Å². The van der Waals surface area contributed by atoms with Crippen LogP contribution in [0.2, 0.25) is 0 Å². The largest absolute Gasteiger partial charge is 0.382 e. The van der Waals surface area contributed by atoms with Crippen molar-refractivity contribution in [2.24, 2.45) is 5.92 Å². The SMILES string of the molecule is Cc1csc(CNC(c2nc(N)c3[nH]cnc3n2)C(C)C)n1. The molecule has 8 heteroatoms. The van der Waals surface area contributed by atoms with Gasteiger partial charge in [-0.05, 0) is 12.8 Å². The van der Waals surface area contributed by atoms with Gasteiger partial charge in [-0.15, -0.1) is 11.3 Å². The topological polar surface area (TPSA) is 105 Å². The number of nitrogens with two attached hydrogens (primary N) is 1. The molecule has 3 heterocycles. The second kappa shape index (κ2) is 5.98. The van der Waals surface area contributed by atoms with Crippen molar-refractivity contribution >= 4 is 28.3 Å². The summed E-state index contributed by atoms with van der Waals surface area (Å²) in [4.78, 5) is 20.6. The molecule has 4 N–H and O–H groups in total. The van der Waals surface area contributed by atoms with Crippen molar-refractivity contribution in [3.05, 3.63) is 28.2 Å². The Hall–Kier alpha value is -2.06. The second-order valence-corrected chi connectivity index (χ2v) is 6.50. The van der Waals surface area contributed by atoms with E-state index in [0.29, 0.717) is 35.3 Å². The zero-order chi connectivity index (χ0) is 15.7. The van der Waals surface area contributed by atoms with Crippen LogP contribution in [0.5, 0.6) is 0 Å². The summed E-state index contributed by atoms with van der Waals surface area (Å²) in [6.07, 6.45) is 1.58. The molecule has 0 saturated carbocycles. The molecule has 3 aromatic heterocycles. The maximum Gasteiger partial charge on any atom is 0.183 e.